The minimum atomic E-state index is -2.45. The molecule has 0 bridgehead atoms. The number of hydrogen-bond donors (Lipinski definition) is 3. The topological polar surface area (TPSA) is 58.3 Å². The van der Waals surface area contributed by atoms with Crippen molar-refractivity contribution in [1.82, 2.24) is 5.32 Å². The van der Waals surface area contributed by atoms with Crippen LogP contribution in [0, 0.1) is 0 Å². The zero-order valence-electron chi connectivity index (χ0n) is 11.3. The minimum Gasteiger partial charge on any atom is -0.393 e. The Bertz CT molecular complexity index is 368. The zero-order valence-corrected chi connectivity index (χ0v) is 11.3. The number of nitrogens with one attached hydrogen (secondary N) is 1. The molecule has 19 heavy (non-hydrogen) atoms. The predicted molar refractivity (Wildman–Crippen MR) is 72.1 cm³/mol. The van der Waals surface area contributed by atoms with Crippen LogP contribution in [0.3, 0.4) is 0 Å². The third-order valence-corrected chi connectivity index (χ3v) is 3.01. The van der Waals surface area contributed by atoms with Crippen molar-refractivity contribution in [3.8, 4) is 0 Å². The molecule has 0 spiro atoms. The highest BCUT2D eigenvalue weighted by Crippen LogP contribution is 2.21. The van der Waals surface area contributed by atoms with Gasteiger partial charge in [-0.2, -0.15) is 0 Å². The molecule has 0 radical (unpaired) electrons. The van der Waals surface area contributed by atoms with E-state index in [1.807, 2.05) is 6.92 Å². The third-order valence-electron chi connectivity index (χ3n) is 3.01. The van der Waals surface area contributed by atoms with Crippen molar-refractivity contribution in [1.29, 1.82) is 0 Å². The quantitative estimate of drug-likeness (QED) is 0.714. The van der Waals surface area contributed by atoms with Crippen molar-refractivity contribution in [2.75, 3.05) is 6.54 Å². The summed E-state index contributed by atoms with van der Waals surface area (Å²) in [6.45, 7) is 4.06. The fourth-order valence-electron chi connectivity index (χ4n) is 2.10. The predicted octanol–water partition coefficient (Wildman–Crippen LogP) is 2.37. The van der Waals surface area contributed by atoms with E-state index in [1.54, 1.807) is 19.1 Å². The standard InChI is InChI=1S/C14H22F2N2O/c1-9(7-10(2)19)18-13(8-17)11-3-5-12(6-4-11)14(15)16/h3-6,9-10,13-14,18-19H,7-8,17H2,1-2H3. The maximum Gasteiger partial charge on any atom is 0.263 e. The average Bonchev–Trinajstić information content (AvgIpc) is 2.35. The van der Waals surface area contributed by atoms with Crippen LogP contribution in [0.2, 0.25) is 0 Å². The van der Waals surface area contributed by atoms with Gasteiger partial charge in [0.25, 0.3) is 6.43 Å². The summed E-state index contributed by atoms with van der Waals surface area (Å²) in [4.78, 5) is 0. The number of halogens is 2. The molecule has 3 nitrogen and oxygen atoms in total. The van der Waals surface area contributed by atoms with E-state index < -0.39 is 6.43 Å². The van der Waals surface area contributed by atoms with Gasteiger partial charge in [-0.3, -0.25) is 0 Å². The van der Waals surface area contributed by atoms with E-state index >= 15 is 0 Å². The lowest BCUT2D eigenvalue weighted by atomic mass is 10.0. The van der Waals surface area contributed by atoms with Crippen molar-refractivity contribution in [2.24, 2.45) is 5.73 Å². The summed E-state index contributed by atoms with van der Waals surface area (Å²) in [7, 11) is 0. The summed E-state index contributed by atoms with van der Waals surface area (Å²) in [5.41, 5.74) is 6.60. The first-order valence-corrected chi connectivity index (χ1v) is 6.46. The maximum absolute atomic E-state index is 12.5. The molecule has 108 valence electrons. The van der Waals surface area contributed by atoms with Crippen LogP contribution in [0.1, 0.15) is 43.9 Å². The first-order valence-electron chi connectivity index (χ1n) is 6.46. The van der Waals surface area contributed by atoms with Gasteiger partial charge in [-0.1, -0.05) is 24.3 Å². The Morgan fingerprint density at radius 2 is 1.68 bits per heavy atom. The van der Waals surface area contributed by atoms with E-state index in [9.17, 15) is 13.9 Å². The van der Waals surface area contributed by atoms with E-state index in [0.717, 1.165) is 5.56 Å². The molecule has 0 saturated heterocycles. The van der Waals surface area contributed by atoms with E-state index in [2.05, 4.69) is 5.32 Å². The molecule has 3 atom stereocenters. The number of rotatable bonds is 7. The van der Waals surface area contributed by atoms with Crippen molar-refractivity contribution in [3.63, 3.8) is 0 Å². The zero-order chi connectivity index (χ0) is 14.4. The van der Waals surface area contributed by atoms with Crippen molar-refractivity contribution in [3.05, 3.63) is 35.4 Å². The second kappa shape index (κ2) is 7.53. The van der Waals surface area contributed by atoms with Crippen LogP contribution in [0.4, 0.5) is 8.78 Å². The highest BCUT2D eigenvalue weighted by atomic mass is 19.3. The molecule has 1 aromatic rings. The third kappa shape index (κ3) is 5.22. The number of alkyl halides is 2. The van der Waals surface area contributed by atoms with Crippen molar-refractivity contribution < 1.29 is 13.9 Å². The fourth-order valence-corrected chi connectivity index (χ4v) is 2.10. The Morgan fingerprint density at radius 3 is 2.11 bits per heavy atom. The summed E-state index contributed by atoms with van der Waals surface area (Å²) in [6, 6.07) is 6.18. The second-order valence-electron chi connectivity index (χ2n) is 4.91. The average molecular weight is 272 g/mol. The Kier molecular flexibility index (Phi) is 6.34. The molecule has 5 heteroatoms. The van der Waals surface area contributed by atoms with Crippen LogP contribution in [0.25, 0.3) is 0 Å². The normalized spacial score (nSPS) is 16.4. The summed E-state index contributed by atoms with van der Waals surface area (Å²) >= 11 is 0. The van der Waals surface area contributed by atoms with Gasteiger partial charge in [-0.15, -0.1) is 0 Å². The van der Waals surface area contributed by atoms with Crippen molar-refractivity contribution in [2.45, 2.75) is 44.9 Å². The molecule has 0 heterocycles. The van der Waals surface area contributed by atoms with Gasteiger partial charge < -0.3 is 16.2 Å². The van der Waals surface area contributed by atoms with Gasteiger partial charge in [0.05, 0.1) is 6.10 Å². The SMILES string of the molecule is CC(O)CC(C)NC(CN)c1ccc(C(F)F)cc1. The Hall–Kier alpha value is -1.04. The van der Waals surface area contributed by atoms with E-state index in [-0.39, 0.29) is 23.8 Å². The summed E-state index contributed by atoms with van der Waals surface area (Å²) < 4.78 is 24.9. The van der Waals surface area contributed by atoms with Crippen LogP contribution in [-0.2, 0) is 0 Å². The molecule has 1 rings (SSSR count). The number of benzene rings is 1. The van der Waals surface area contributed by atoms with Gasteiger partial charge in [0, 0.05) is 24.2 Å². The van der Waals surface area contributed by atoms with Gasteiger partial charge in [0.15, 0.2) is 0 Å². The molecule has 1 aromatic carbocycles. The van der Waals surface area contributed by atoms with Gasteiger partial charge in [-0.25, -0.2) is 8.78 Å². The first kappa shape index (κ1) is 16.0. The molecule has 0 aromatic heterocycles. The number of aliphatic hydroxyl groups excluding tert-OH is 1. The van der Waals surface area contributed by atoms with E-state index in [1.165, 1.54) is 12.1 Å². The number of hydrogen-bond acceptors (Lipinski definition) is 3. The van der Waals surface area contributed by atoms with Gasteiger partial charge in [-0.05, 0) is 25.8 Å². The Morgan fingerprint density at radius 1 is 1.16 bits per heavy atom. The molecule has 0 aliphatic heterocycles. The molecule has 3 unspecified atom stereocenters. The van der Waals surface area contributed by atoms with Gasteiger partial charge in [0.2, 0.25) is 0 Å². The van der Waals surface area contributed by atoms with Crippen LogP contribution in [0.5, 0.6) is 0 Å². The molecule has 0 amide bonds. The van der Waals surface area contributed by atoms with E-state index in [0.29, 0.717) is 13.0 Å². The molecular formula is C14H22F2N2O. The largest absolute Gasteiger partial charge is 0.393 e. The minimum absolute atomic E-state index is 0.0107. The highest BCUT2D eigenvalue weighted by molar-refractivity contribution is 5.26. The molecule has 0 aliphatic rings. The Balaban J connectivity index is 2.68. The monoisotopic (exact) mass is 272 g/mol. The summed E-state index contributed by atoms with van der Waals surface area (Å²) in [5.74, 6) is 0. The van der Waals surface area contributed by atoms with E-state index in [4.69, 9.17) is 5.73 Å². The van der Waals surface area contributed by atoms with Crippen LogP contribution in [-0.4, -0.2) is 23.8 Å². The maximum atomic E-state index is 12.5. The highest BCUT2D eigenvalue weighted by Gasteiger charge is 2.15. The van der Waals surface area contributed by atoms with Crippen LogP contribution < -0.4 is 11.1 Å². The first-order chi connectivity index (χ1) is 8.93. The second-order valence-corrected chi connectivity index (χ2v) is 4.91. The molecular weight excluding hydrogens is 250 g/mol. The Labute approximate surface area is 112 Å². The number of aliphatic hydroxyl groups is 1. The lowest BCUT2D eigenvalue weighted by molar-refractivity contribution is 0.151. The smallest absolute Gasteiger partial charge is 0.263 e. The van der Waals surface area contributed by atoms with Crippen LogP contribution in [0.15, 0.2) is 24.3 Å². The van der Waals surface area contributed by atoms with Gasteiger partial charge >= 0.3 is 0 Å². The fraction of sp³-hybridized carbons (Fsp3) is 0.571. The number of nitrogens with two attached hydrogens (primary N) is 1. The summed E-state index contributed by atoms with van der Waals surface area (Å²) in [6.07, 6.45) is -2.22. The summed E-state index contributed by atoms with van der Waals surface area (Å²) in [5, 5.41) is 12.6. The molecule has 0 fully saturated rings. The molecule has 4 N–H and O–H groups in total. The molecule has 0 saturated carbocycles. The van der Waals surface area contributed by atoms with Crippen molar-refractivity contribution >= 4 is 0 Å². The molecule has 0 aliphatic carbocycles. The lowest BCUT2D eigenvalue weighted by Crippen LogP contribution is -2.36. The lowest BCUT2D eigenvalue weighted by Gasteiger charge is -2.23. The van der Waals surface area contributed by atoms with Crippen LogP contribution >= 0.6 is 0 Å². The van der Waals surface area contributed by atoms with Gasteiger partial charge in [0.1, 0.15) is 0 Å².